The highest BCUT2D eigenvalue weighted by molar-refractivity contribution is 5.80. The monoisotopic (exact) mass is 359 g/mol. The normalized spacial score (nSPS) is 12.0. The number of nitrogens with zero attached hydrogens (tertiary/aromatic N) is 3. The van der Waals surface area contributed by atoms with Gasteiger partial charge in [-0.2, -0.15) is 0 Å². The smallest absolute Gasteiger partial charge is 0.141 e. The van der Waals surface area contributed by atoms with E-state index in [2.05, 4.69) is 73.0 Å². The van der Waals surface area contributed by atoms with Gasteiger partial charge in [0.2, 0.25) is 0 Å². The molecule has 0 saturated heterocycles. The highest BCUT2D eigenvalue weighted by atomic mass is 16.5. The van der Waals surface area contributed by atoms with E-state index in [0.29, 0.717) is 6.54 Å². The van der Waals surface area contributed by atoms with Crippen LogP contribution in [0.15, 0.2) is 53.1 Å². The molecule has 0 aliphatic rings. The van der Waals surface area contributed by atoms with Crippen LogP contribution in [0.4, 0.5) is 0 Å². The fraction of sp³-hybridized carbons (Fsp3) is 0.304. The SMILES string of the molecule is Cc1noc(C)c1Cn1c(-c2ccc(C(C)(C)C)cc2)nc2ccccc21. The van der Waals surface area contributed by atoms with Crippen molar-refractivity contribution in [3.63, 3.8) is 0 Å². The fourth-order valence-electron chi connectivity index (χ4n) is 3.46. The first-order valence-electron chi connectivity index (χ1n) is 9.32. The molecule has 0 spiro atoms. The first-order valence-corrected chi connectivity index (χ1v) is 9.32. The average molecular weight is 359 g/mol. The Hall–Kier alpha value is -2.88. The second-order valence-electron chi connectivity index (χ2n) is 8.14. The molecule has 0 aliphatic heterocycles. The first kappa shape index (κ1) is 17.5. The van der Waals surface area contributed by atoms with Crippen LogP contribution in [-0.4, -0.2) is 14.7 Å². The Bertz CT molecular complexity index is 1080. The molecule has 138 valence electrons. The molecule has 2 aromatic heterocycles. The molecule has 2 aromatic carbocycles. The molecule has 0 radical (unpaired) electrons. The van der Waals surface area contributed by atoms with Crippen molar-refractivity contribution in [2.75, 3.05) is 0 Å². The van der Waals surface area contributed by atoms with Gasteiger partial charge in [0.05, 0.1) is 23.3 Å². The summed E-state index contributed by atoms with van der Waals surface area (Å²) in [4.78, 5) is 4.93. The summed E-state index contributed by atoms with van der Waals surface area (Å²) in [5.41, 5.74) is 6.73. The Kier molecular flexibility index (Phi) is 4.14. The summed E-state index contributed by atoms with van der Waals surface area (Å²) >= 11 is 0. The molecule has 0 atom stereocenters. The third kappa shape index (κ3) is 3.16. The van der Waals surface area contributed by atoms with Gasteiger partial charge in [-0.05, 0) is 37.0 Å². The van der Waals surface area contributed by atoms with Crippen molar-refractivity contribution < 1.29 is 4.52 Å². The van der Waals surface area contributed by atoms with Crippen molar-refractivity contribution in [2.45, 2.75) is 46.6 Å². The highest BCUT2D eigenvalue weighted by Gasteiger charge is 2.18. The van der Waals surface area contributed by atoms with Gasteiger partial charge in [-0.3, -0.25) is 0 Å². The standard InChI is InChI=1S/C23H25N3O/c1-15-19(16(2)27-25-15)14-26-21-9-7-6-8-20(21)24-22(26)17-10-12-18(13-11-17)23(3,4)5/h6-13H,14H2,1-5H3. The maximum atomic E-state index is 5.37. The van der Waals surface area contributed by atoms with Crippen molar-refractivity contribution in [3.8, 4) is 11.4 Å². The number of hydrogen-bond acceptors (Lipinski definition) is 3. The van der Waals surface area contributed by atoms with E-state index >= 15 is 0 Å². The summed E-state index contributed by atoms with van der Waals surface area (Å²) in [7, 11) is 0. The van der Waals surface area contributed by atoms with Crippen LogP contribution < -0.4 is 0 Å². The van der Waals surface area contributed by atoms with Crippen molar-refractivity contribution in [3.05, 3.63) is 71.1 Å². The maximum Gasteiger partial charge on any atom is 0.141 e. The van der Waals surface area contributed by atoms with Crippen LogP contribution in [-0.2, 0) is 12.0 Å². The number of aryl methyl sites for hydroxylation is 2. The molecular formula is C23H25N3O. The van der Waals surface area contributed by atoms with E-state index in [-0.39, 0.29) is 5.41 Å². The molecule has 4 nitrogen and oxygen atoms in total. The van der Waals surface area contributed by atoms with Crippen LogP contribution in [0.25, 0.3) is 22.4 Å². The summed E-state index contributed by atoms with van der Waals surface area (Å²) in [6.45, 7) is 11.3. The van der Waals surface area contributed by atoms with E-state index in [9.17, 15) is 0 Å². The van der Waals surface area contributed by atoms with Gasteiger partial charge in [0.25, 0.3) is 0 Å². The van der Waals surface area contributed by atoms with Crippen LogP contribution in [0.1, 0.15) is 43.4 Å². The van der Waals surface area contributed by atoms with E-state index in [4.69, 9.17) is 9.51 Å². The zero-order chi connectivity index (χ0) is 19.2. The molecule has 0 aliphatic carbocycles. The van der Waals surface area contributed by atoms with Gasteiger partial charge in [0.1, 0.15) is 11.6 Å². The molecule has 4 rings (SSSR count). The predicted octanol–water partition coefficient (Wildman–Crippen LogP) is 5.65. The molecular weight excluding hydrogens is 334 g/mol. The Morgan fingerprint density at radius 3 is 2.30 bits per heavy atom. The minimum absolute atomic E-state index is 0.134. The van der Waals surface area contributed by atoms with E-state index in [0.717, 1.165) is 39.4 Å². The number of aromatic nitrogens is 3. The Morgan fingerprint density at radius 2 is 1.67 bits per heavy atom. The van der Waals surface area contributed by atoms with Gasteiger partial charge in [-0.1, -0.05) is 62.3 Å². The molecule has 0 saturated carbocycles. The summed E-state index contributed by atoms with van der Waals surface area (Å²) < 4.78 is 7.63. The van der Waals surface area contributed by atoms with Gasteiger partial charge in [-0.25, -0.2) is 4.98 Å². The number of fused-ring (bicyclic) bond motifs is 1. The minimum atomic E-state index is 0.134. The number of para-hydroxylation sites is 2. The van der Waals surface area contributed by atoms with Gasteiger partial charge >= 0.3 is 0 Å². The maximum absolute atomic E-state index is 5.37. The predicted molar refractivity (Wildman–Crippen MR) is 109 cm³/mol. The van der Waals surface area contributed by atoms with Crippen molar-refractivity contribution in [2.24, 2.45) is 0 Å². The molecule has 0 unspecified atom stereocenters. The van der Waals surface area contributed by atoms with Crippen molar-refractivity contribution in [1.29, 1.82) is 0 Å². The van der Waals surface area contributed by atoms with E-state index < -0.39 is 0 Å². The van der Waals surface area contributed by atoms with E-state index in [1.165, 1.54) is 5.56 Å². The lowest BCUT2D eigenvalue weighted by Gasteiger charge is -2.19. The van der Waals surface area contributed by atoms with Crippen molar-refractivity contribution in [1.82, 2.24) is 14.7 Å². The number of benzene rings is 2. The zero-order valence-corrected chi connectivity index (χ0v) is 16.6. The quantitative estimate of drug-likeness (QED) is 0.474. The lowest BCUT2D eigenvalue weighted by atomic mass is 9.87. The third-order valence-electron chi connectivity index (χ3n) is 5.16. The van der Waals surface area contributed by atoms with Crippen LogP contribution in [0.5, 0.6) is 0 Å². The molecule has 0 amide bonds. The summed E-state index contributed by atoms with van der Waals surface area (Å²) in [6, 6.07) is 17.0. The highest BCUT2D eigenvalue weighted by Crippen LogP contribution is 2.29. The molecule has 4 aromatic rings. The Morgan fingerprint density at radius 1 is 0.963 bits per heavy atom. The van der Waals surface area contributed by atoms with Crippen LogP contribution in [0.2, 0.25) is 0 Å². The lowest BCUT2D eigenvalue weighted by molar-refractivity contribution is 0.392. The second-order valence-corrected chi connectivity index (χ2v) is 8.14. The van der Waals surface area contributed by atoms with Gasteiger partial charge in [0.15, 0.2) is 0 Å². The largest absolute Gasteiger partial charge is 0.361 e. The number of imidazole rings is 1. The fourth-order valence-corrected chi connectivity index (χ4v) is 3.46. The summed E-state index contributed by atoms with van der Waals surface area (Å²) in [5, 5.41) is 4.11. The average Bonchev–Trinajstić information content (AvgIpc) is 3.16. The second kappa shape index (κ2) is 6.38. The van der Waals surface area contributed by atoms with Gasteiger partial charge in [-0.15, -0.1) is 0 Å². The Balaban J connectivity index is 1.85. The van der Waals surface area contributed by atoms with Crippen molar-refractivity contribution >= 4 is 11.0 Å². The minimum Gasteiger partial charge on any atom is -0.361 e. The third-order valence-corrected chi connectivity index (χ3v) is 5.16. The van der Waals surface area contributed by atoms with E-state index in [1.54, 1.807) is 0 Å². The summed E-state index contributed by atoms with van der Waals surface area (Å²) in [6.07, 6.45) is 0. The van der Waals surface area contributed by atoms with Crippen LogP contribution >= 0.6 is 0 Å². The van der Waals surface area contributed by atoms with Gasteiger partial charge < -0.3 is 9.09 Å². The van der Waals surface area contributed by atoms with Crippen LogP contribution in [0, 0.1) is 13.8 Å². The van der Waals surface area contributed by atoms with Gasteiger partial charge in [0, 0.05) is 11.1 Å². The molecule has 0 bridgehead atoms. The summed E-state index contributed by atoms with van der Waals surface area (Å²) in [5.74, 6) is 1.83. The first-order chi connectivity index (χ1) is 12.8. The topological polar surface area (TPSA) is 43.9 Å². The molecule has 2 heterocycles. The van der Waals surface area contributed by atoms with E-state index in [1.807, 2.05) is 19.9 Å². The number of rotatable bonds is 3. The zero-order valence-electron chi connectivity index (χ0n) is 16.6. The lowest BCUT2D eigenvalue weighted by Crippen LogP contribution is -2.10. The Labute approximate surface area is 159 Å². The molecule has 0 N–H and O–H groups in total. The van der Waals surface area contributed by atoms with Crippen LogP contribution in [0.3, 0.4) is 0 Å². The molecule has 0 fully saturated rings. The molecule has 4 heteroatoms. The molecule has 27 heavy (non-hydrogen) atoms. The number of hydrogen-bond donors (Lipinski definition) is 0.